The van der Waals surface area contributed by atoms with Crippen LogP contribution in [0.1, 0.15) is 11.4 Å². The lowest BCUT2D eigenvalue weighted by Gasteiger charge is -2.03. The zero-order valence-corrected chi connectivity index (χ0v) is 7.70. The molecule has 0 radical (unpaired) electrons. The molecule has 0 aliphatic heterocycles. The first-order valence-electron chi connectivity index (χ1n) is 4.17. The summed E-state index contributed by atoms with van der Waals surface area (Å²) in [5.41, 5.74) is 8.33. The normalized spacial score (nSPS) is 10.6. The van der Waals surface area contributed by atoms with Crippen molar-refractivity contribution in [2.75, 3.05) is 5.73 Å². The topological polar surface area (TPSA) is 51.8 Å². The maximum atomic E-state index is 5.69. The molecule has 66 valence electrons. The highest BCUT2D eigenvalue weighted by Crippen LogP contribution is 2.20. The van der Waals surface area contributed by atoms with Gasteiger partial charge in [-0.25, -0.2) is 0 Å². The van der Waals surface area contributed by atoms with E-state index in [1.807, 2.05) is 32.0 Å². The van der Waals surface area contributed by atoms with Crippen LogP contribution >= 0.6 is 0 Å². The molecular formula is C10H11N3. The Balaban J connectivity index is 2.92. The predicted octanol–water partition coefficient (Wildman–Crippen LogP) is 1.83. The first-order valence-corrected chi connectivity index (χ1v) is 4.17. The van der Waals surface area contributed by atoms with Crippen LogP contribution < -0.4 is 5.73 Å². The van der Waals surface area contributed by atoms with Gasteiger partial charge in [0, 0.05) is 16.5 Å². The zero-order chi connectivity index (χ0) is 9.42. The van der Waals surface area contributed by atoms with E-state index in [0.717, 1.165) is 27.8 Å². The summed E-state index contributed by atoms with van der Waals surface area (Å²) in [5, 5.41) is 10.3. The second-order valence-corrected chi connectivity index (χ2v) is 3.18. The summed E-state index contributed by atoms with van der Waals surface area (Å²) in [6.07, 6.45) is 0. The molecule has 0 amide bonds. The van der Waals surface area contributed by atoms with Crippen molar-refractivity contribution >= 4 is 16.5 Å². The Labute approximate surface area is 76.6 Å². The monoisotopic (exact) mass is 173 g/mol. The van der Waals surface area contributed by atoms with Gasteiger partial charge in [-0.2, -0.15) is 10.2 Å². The Morgan fingerprint density at radius 1 is 1.00 bits per heavy atom. The molecule has 0 fully saturated rings. The van der Waals surface area contributed by atoms with E-state index in [9.17, 15) is 0 Å². The van der Waals surface area contributed by atoms with Crippen LogP contribution in [0.3, 0.4) is 0 Å². The lowest BCUT2D eigenvalue weighted by Crippen LogP contribution is -1.94. The molecule has 1 aromatic heterocycles. The lowest BCUT2D eigenvalue weighted by atomic mass is 10.1. The van der Waals surface area contributed by atoms with Crippen LogP contribution in [0.25, 0.3) is 10.8 Å². The summed E-state index contributed by atoms with van der Waals surface area (Å²) in [6, 6.07) is 5.81. The Bertz CT molecular complexity index is 463. The molecule has 0 spiro atoms. The van der Waals surface area contributed by atoms with E-state index in [-0.39, 0.29) is 0 Å². The number of aromatic nitrogens is 2. The summed E-state index contributed by atoms with van der Waals surface area (Å²) >= 11 is 0. The summed E-state index contributed by atoms with van der Waals surface area (Å²) in [7, 11) is 0. The van der Waals surface area contributed by atoms with Crippen molar-refractivity contribution in [3.05, 3.63) is 29.6 Å². The number of nitrogens with zero attached hydrogens (tertiary/aromatic N) is 2. The highest BCUT2D eigenvalue weighted by molar-refractivity contribution is 5.88. The van der Waals surface area contributed by atoms with Crippen molar-refractivity contribution in [3.8, 4) is 0 Å². The number of hydrogen-bond donors (Lipinski definition) is 1. The number of nitrogens with two attached hydrogens (primary N) is 1. The SMILES string of the molecule is Cc1nnc(C)c2cc(N)ccc12. The van der Waals surface area contributed by atoms with Crippen molar-refractivity contribution in [1.82, 2.24) is 10.2 Å². The van der Waals surface area contributed by atoms with E-state index < -0.39 is 0 Å². The van der Waals surface area contributed by atoms with Gasteiger partial charge in [0.05, 0.1) is 11.4 Å². The van der Waals surface area contributed by atoms with Crippen LogP contribution in [-0.2, 0) is 0 Å². The predicted molar refractivity (Wildman–Crippen MR) is 53.4 cm³/mol. The van der Waals surface area contributed by atoms with Crippen LogP contribution in [0.15, 0.2) is 18.2 Å². The first kappa shape index (κ1) is 7.98. The molecule has 3 heteroatoms. The van der Waals surface area contributed by atoms with E-state index in [1.165, 1.54) is 0 Å². The van der Waals surface area contributed by atoms with Crippen molar-refractivity contribution in [3.63, 3.8) is 0 Å². The third-order valence-corrected chi connectivity index (χ3v) is 2.17. The van der Waals surface area contributed by atoms with Gasteiger partial charge in [-0.05, 0) is 26.0 Å². The van der Waals surface area contributed by atoms with Gasteiger partial charge in [0.25, 0.3) is 0 Å². The molecule has 0 saturated heterocycles. The Morgan fingerprint density at radius 2 is 1.62 bits per heavy atom. The minimum Gasteiger partial charge on any atom is -0.399 e. The molecule has 0 bridgehead atoms. The first-order chi connectivity index (χ1) is 6.18. The van der Waals surface area contributed by atoms with Gasteiger partial charge in [0.15, 0.2) is 0 Å². The number of benzene rings is 1. The van der Waals surface area contributed by atoms with Gasteiger partial charge in [-0.1, -0.05) is 6.07 Å². The van der Waals surface area contributed by atoms with E-state index in [4.69, 9.17) is 5.73 Å². The van der Waals surface area contributed by atoms with Crippen LogP contribution in [0.4, 0.5) is 5.69 Å². The van der Waals surface area contributed by atoms with Crippen molar-refractivity contribution in [2.45, 2.75) is 13.8 Å². The maximum Gasteiger partial charge on any atom is 0.0679 e. The number of rotatable bonds is 0. The highest BCUT2D eigenvalue weighted by atomic mass is 15.1. The molecular weight excluding hydrogens is 162 g/mol. The Kier molecular flexibility index (Phi) is 1.65. The summed E-state index contributed by atoms with van der Waals surface area (Å²) in [4.78, 5) is 0. The molecule has 1 aromatic carbocycles. The standard InChI is InChI=1S/C10H11N3/c1-6-9-4-3-8(11)5-10(9)7(2)13-12-6/h3-5H,11H2,1-2H3. The van der Waals surface area contributed by atoms with E-state index in [2.05, 4.69) is 10.2 Å². The van der Waals surface area contributed by atoms with Crippen molar-refractivity contribution in [2.24, 2.45) is 0 Å². The smallest absolute Gasteiger partial charge is 0.0679 e. The number of anilines is 1. The second kappa shape index (κ2) is 2.69. The largest absolute Gasteiger partial charge is 0.399 e. The number of nitrogen functional groups attached to an aromatic ring is 1. The average Bonchev–Trinajstić information content (AvgIpc) is 2.12. The fraction of sp³-hybridized carbons (Fsp3) is 0.200. The molecule has 0 saturated carbocycles. The molecule has 0 atom stereocenters. The zero-order valence-electron chi connectivity index (χ0n) is 7.70. The fourth-order valence-electron chi connectivity index (χ4n) is 1.43. The van der Waals surface area contributed by atoms with Crippen molar-refractivity contribution < 1.29 is 0 Å². The minimum atomic E-state index is 0.767. The Morgan fingerprint density at radius 3 is 2.31 bits per heavy atom. The second-order valence-electron chi connectivity index (χ2n) is 3.18. The van der Waals surface area contributed by atoms with E-state index in [1.54, 1.807) is 0 Å². The van der Waals surface area contributed by atoms with Gasteiger partial charge in [0.2, 0.25) is 0 Å². The molecule has 1 heterocycles. The van der Waals surface area contributed by atoms with Crippen LogP contribution in [0, 0.1) is 13.8 Å². The summed E-state index contributed by atoms with van der Waals surface area (Å²) in [5.74, 6) is 0. The van der Waals surface area contributed by atoms with Gasteiger partial charge in [-0.3, -0.25) is 0 Å². The van der Waals surface area contributed by atoms with E-state index >= 15 is 0 Å². The van der Waals surface area contributed by atoms with Crippen molar-refractivity contribution in [1.29, 1.82) is 0 Å². The molecule has 13 heavy (non-hydrogen) atoms. The number of fused-ring (bicyclic) bond motifs is 1. The molecule has 2 N–H and O–H groups in total. The van der Waals surface area contributed by atoms with E-state index in [0.29, 0.717) is 0 Å². The molecule has 0 aliphatic rings. The lowest BCUT2D eigenvalue weighted by molar-refractivity contribution is 0.964. The third kappa shape index (κ3) is 1.22. The molecule has 0 unspecified atom stereocenters. The van der Waals surface area contributed by atoms with Crippen LogP contribution in [0.2, 0.25) is 0 Å². The third-order valence-electron chi connectivity index (χ3n) is 2.17. The summed E-state index contributed by atoms with van der Waals surface area (Å²) < 4.78 is 0. The number of hydrogen-bond acceptors (Lipinski definition) is 3. The quantitative estimate of drug-likeness (QED) is 0.618. The van der Waals surface area contributed by atoms with Crippen LogP contribution in [-0.4, -0.2) is 10.2 Å². The van der Waals surface area contributed by atoms with Gasteiger partial charge >= 0.3 is 0 Å². The molecule has 3 nitrogen and oxygen atoms in total. The molecule has 2 rings (SSSR count). The van der Waals surface area contributed by atoms with Crippen LogP contribution in [0.5, 0.6) is 0 Å². The Hall–Kier alpha value is -1.64. The molecule has 0 aliphatic carbocycles. The fourth-order valence-corrected chi connectivity index (χ4v) is 1.43. The van der Waals surface area contributed by atoms with Gasteiger partial charge in [-0.15, -0.1) is 0 Å². The summed E-state index contributed by atoms with van der Waals surface area (Å²) in [6.45, 7) is 3.89. The van der Waals surface area contributed by atoms with Gasteiger partial charge in [0.1, 0.15) is 0 Å². The highest BCUT2D eigenvalue weighted by Gasteiger charge is 2.02. The van der Waals surface area contributed by atoms with Gasteiger partial charge < -0.3 is 5.73 Å². The average molecular weight is 173 g/mol. The number of aryl methyl sites for hydroxylation is 2. The maximum absolute atomic E-state index is 5.69. The molecule has 2 aromatic rings. The minimum absolute atomic E-state index is 0.767.